The molecule has 2 aliphatic rings. The summed E-state index contributed by atoms with van der Waals surface area (Å²) < 4.78 is 1.61. The van der Waals surface area contributed by atoms with Crippen LogP contribution < -0.4 is 5.32 Å². The molecule has 2 aromatic heterocycles. The quantitative estimate of drug-likeness (QED) is 0.902. The smallest absolute Gasteiger partial charge is 0.317 e. The first kappa shape index (κ1) is 16.0. The van der Waals surface area contributed by atoms with Crippen LogP contribution in [0.2, 0.25) is 0 Å². The van der Waals surface area contributed by atoms with Crippen LogP contribution in [-0.4, -0.2) is 67.8 Å². The van der Waals surface area contributed by atoms with E-state index in [1.165, 1.54) is 19.2 Å². The molecule has 2 atom stereocenters. The van der Waals surface area contributed by atoms with Crippen LogP contribution in [0.15, 0.2) is 31.0 Å². The van der Waals surface area contributed by atoms with Gasteiger partial charge in [0.1, 0.15) is 12.7 Å². The topological polar surface area (TPSA) is 79.2 Å². The second-order valence-corrected chi connectivity index (χ2v) is 6.77. The number of pyridine rings is 1. The average molecular weight is 341 g/mol. The second-order valence-electron chi connectivity index (χ2n) is 6.77. The lowest BCUT2D eigenvalue weighted by Gasteiger charge is -2.26. The third-order valence-corrected chi connectivity index (χ3v) is 5.37. The van der Waals surface area contributed by atoms with Gasteiger partial charge in [-0.2, -0.15) is 5.10 Å². The van der Waals surface area contributed by atoms with Gasteiger partial charge in [0, 0.05) is 43.5 Å². The van der Waals surface area contributed by atoms with Crippen molar-refractivity contribution in [3.8, 4) is 5.82 Å². The molecule has 4 rings (SSSR count). The molecule has 132 valence electrons. The van der Waals surface area contributed by atoms with Gasteiger partial charge in [-0.15, -0.1) is 0 Å². The van der Waals surface area contributed by atoms with Crippen molar-refractivity contribution in [2.45, 2.75) is 37.9 Å². The highest BCUT2D eigenvalue weighted by Crippen LogP contribution is 2.28. The van der Waals surface area contributed by atoms with E-state index in [4.69, 9.17) is 0 Å². The Kier molecular flexibility index (Phi) is 4.35. The van der Waals surface area contributed by atoms with Gasteiger partial charge >= 0.3 is 6.03 Å². The molecule has 0 aliphatic carbocycles. The number of nitrogens with one attached hydrogen (secondary N) is 1. The summed E-state index contributed by atoms with van der Waals surface area (Å²) in [6.07, 6.45) is 8.29. The van der Waals surface area contributed by atoms with Gasteiger partial charge in [-0.1, -0.05) is 6.07 Å². The summed E-state index contributed by atoms with van der Waals surface area (Å²) in [5.41, 5.74) is 0.912. The lowest BCUT2D eigenvalue weighted by atomic mass is 10.1. The summed E-state index contributed by atoms with van der Waals surface area (Å²) in [7, 11) is 2.18. The zero-order valence-corrected chi connectivity index (χ0v) is 14.4. The molecule has 0 aromatic carbocycles. The molecule has 0 unspecified atom stereocenters. The van der Waals surface area contributed by atoms with Gasteiger partial charge < -0.3 is 10.2 Å². The van der Waals surface area contributed by atoms with Gasteiger partial charge in [-0.3, -0.25) is 4.90 Å². The molecule has 1 N–H and O–H groups in total. The third-order valence-electron chi connectivity index (χ3n) is 5.37. The second kappa shape index (κ2) is 6.79. The van der Waals surface area contributed by atoms with Crippen LogP contribution in [0.3, 0.4) is 0 Å². The Morgan fingerprint density at radius 3 is 3.04 bits per heavy atom. The number of rotatable bonds is 3. The Labute approximate surface area is 146 Å². The van der Waals surface area contributed by atoms with Crippen molar-refractivity contribution in [2.75, 3.05) is 20.1 Å². The number of likely N-dealkylation sites (tertiary alicyclic amines) is 1. The fourth-order valence-corrected chi connectivity index (χ4v) is 3.87. The number of fused-ring (bicyclic) bond motifs is 2. The van der Waals surface area contributed by atoms with Crippen LogP contribution in [-0.2, 0) is 6.54 Å². The highest BCUT2D eigenvalue weighted by molar-refractivity contribution is 5.74. The first-order valence-electron chi connectivity index (χ1n) is 8.76. The number of amides is 2. The van der Waals surface area contributed by atoms with Crippen molar-refractivity contribution in [3.05, 3.63) is 36.5 Å². The number of likely N-dealkylation sites (N-methyl/N-ethyl adjacent to an activating group) is 1. The zero-order chi connectivity index (χ0) is 17.2. The minimum Gasteiger partial charge on any atom is -0.334 e. The number of carbonyl (C=O) groups is 1. The van der Waals surface area contributed by atoms with E-state index in [1.807, 2.05) is 17.0 Å². The third kappa shape index (κ3) is 3.21. The first-order valence-corrected chi connectivity index (χ1v) is 8.76. The number of hydrogen-bond donors (Lipinski definition) is 1. The van der Waals surface area contributed by atoms with Crippen molar-refractivity contribution in [2.24, 2.45) is 0 Å². The van der Waals surface area contributed by atoms with E-state index < -0.39 is 0 Å². The maximum Gasteiger partial charge on any atom is 0.317 e. The van der Waals surface area contributed by atoms with Crippen LogP contribution in [0, 0.1) is 0 Å². The zero-order valence-electron chi connectivity index (χ0n) is 14.4. The SMILES string of the molecule is CN1[C@H]2CC[C@H]1CN(C(=O)NCc1cccnc1-n1cncn1)CC2. The van der Waals surface area contributed by atoms with E-state index in [0.717, 1.165) is 25.1 Å². The summed E-state index contributed by atoms with van der Waals surface area (Å²) >= 11 is 0. The molecule has 2 aromatic rings. The number of aromatic nitrogens is 4. The minimum atomic E-state index is -0.00524. The lowest BCUT2D eigenvalue weighted by molar-refractivity contribution is 0.188. The number of carbonyl (C=O) groups excluding carboxylic acids is 1. The molecule has 8 nitrogen and oxygen atoms in total. The van der Waals surface area contributed by atoms with E-state index in [-0.39, 0.29) is 6.03 Å². The van der Waals surface area contributed by atoms with Crippen molar-refractivity contribution < 1.29 is 4.79 Å². The maximum atomic E-state index is 12.6. The molecule has 2 saturated heterocycles. The van der Waals surface area contributed by atoms with Gasteiger partial charge in [0.05, 0.1) is 0 Å². The van der Waals surface area contributed by atoms with E-state index in [1.54, 1.807) is 17.2 Å². The molecule has 2 bridgehead atoms. The molecule has 4 heterocycles. The molecule has 2 fully saturated rings. The van der Waals surface area contributed by atoms with Gasteiger partial charge in [0.2, 0.25) is 0 Å². The molecule has 0 radical (unpaired) electrons. The van der Waals surface area contributed by atoms with Crippen molar-refractivity contribution in [1.82, 2.24) is 34.9 Å². The molecule has 25 heavy (non-hydrogen) atoms. The molecule has 2 aliphatic heterocycles. The van der Waals surface area contributed by atoms with Crippen LogP contribution in [0.25, 0.3) is 5.82 Å². The molecule has 8 heteroatoms. The van der Waals surface area contributed by atoms with Crippen LogP contribution in [0.4, 0.5) is 4.79 Å². The maximum absolute atomic E-state index is 12.6. The number of urea groups is 1. The molecule has 0 saturated carbocycles. The van der Waals surface area contributed by atoms with E-state index >= 15 is 0 Å². The highest BCUT2D eigenvalue weighted by atomic mass is 16.2. The Hall–Kier alpha value is -2.48. The van der Waals surface area contributed by atoms with Crippen molar-refractivity contribution in [3.63, 3.8) is 0 Å². The highest BCUT2D eigenvalue weighted by Gasteiger charge is 2.35. The van der Waals surface area contributed by atoms with Crippen LogP contribution in [0.1, 0.15) is 24.8 Å². The van der Waals surface area contributed by atoms with E-state index in [2.05, 4.69) is 32.3 Å². The molecular weight excluding hydrogens is 318 g/mol. The Bertz CT molecular complexity index is 732. The Morgan fingerprint density at radius 1 is 1.32 bits per heavy atom. The summed E-state index contributed by atoms with van der Waals surface area (Å²) in [6.45, 7) is 2.05. The molecule has 0 spiro atoms. The standard InChI is InChI=1S/C17H23N7O/c1-22-14-4-5-15(22)10-23(8-6-14)17(25)20-9-13-3-2-7-19-16(13)24-12-18-11-21-24/h2-3,7,11-12,14-15H,4-6,8-10H2,1H3,(H,20,25)/t14-,15-/m0/s1. The van der Waals surface area contributed by atoms with E-state index in [9.17, 15) is 4.79 Å². The van der Waals surface area contributed by atoms with Gasteiger partial charge in [0.15, 0.2) is 5.82 Å². The minimum absolute atomic E-state index is 0.00524. The summed E-state index contributed by atoms with van der Waals surface area (Å²) in [6, 6.07) is 4.92. The van der Waals surface area contributed by atoms with Crippen molar-refractivity contribution in [1.29, 1.82) is 0 Å². The van der Waals surface area contributed by atoms with Crippen molar-refractivity contribution >= 4 is 6.03 Å². The Morgan fingerprint density at radius 2 is 2.20 bits per heavy atom. The predicted molar refractivity (Wildman–Crippen MR) is 92.2 cm³/mol. The van der Waals surface area contributed by atoms with Gasteiger partial charge in [-0.25, -0.2) is 19.4 Å². The lowest BCUT2D eigenvalue weighted by Crippen LogP contribution is -2.44. The summed E-state index contributed by atoms with van der Waals surface area (Å²) in [5.74, 6) is 0.690. The Balaban J connectivity index is 1.41. The predicted octanol–water partition coefficient (Wildman–Crippen LogP) is 1.04. The normalized spacial score (nSPS) is 23.5. The summed E-state index contributed by atoms with van der Waals surface area (Å²) in [5, 5.41) is 7.17. The largest absolute Gasteiger partial charge is 0.334 e. The first-order chi connectivity index (χ1) is 12.2. The molecule has 2 amide bonds. The van der Waals surface area contributed by atoms with Gasteiger partial charge in [0.25, 0.3) is 0 Å². The van der Waals surface area contributed by atoms with Gasteiger partial charge in [-0.05, 0) is 32.4 Å². The molecular formula is C17H23N7O. The summed E-state index contributed by atoms with van der Waals surface area (Å²) in [4.78, 5) is 25.4. The van der Waals surface area contributed by atoms with Crippen LogP contribution in [0.5, 0.6) is 0 Å². The fraction of sp³-hybridized carbons (Fsp3) is 0.529. The number of nitrogens with zero attached hydrogens (tertiary/aromatic N) is 6. The average Bonchev–Trinajstić information content (AvgIpc) is 3.22. The van der Waals surface area contributed by atoms with E-state index in [0.29, 0.717) is 24.4 Å². The monoisotopic (exact) mass is 341 g/mol. The van der Waals surface area contributed by atoms with Crippen LogP contribution >= 0.6 is 0 Å². The fourth-order valence-electron chi connectivity index (χ4n) is 3.87. The number of hydrogen-bond acceptors (Lipinski definition) is 5.